The number of para-hydroxylation sites is 1. The number of aryl methyl sites for hydroxylation is 4. The first-order valence-corrected chi connectivity index (χ1v) is 12.6. The molecule has 2 aromatic carbocycles. The molecule has 174 valence electrons. The Labute approximate surface area is 204 Å². The first-order valence-electron chi connectivity index (χ1n) is 11.7. The van der Waals surface area contributed by atoms with Crippen LogP contribution in [0.5, 0.6) is 0 Å². The largest absolute Gasteiger partial charge is 0.269 e. The molecule has 0 amide bonds. The van der Waals surface area contributed by atoms with Gasteiger partial charge >= 0.3 is 0 Å². The fourth-order valence-electron chi connectivity index (χ4n) is 4.13. The molecule has 5 rings (SSSR count). The van der Waals surface area contributed by atoms with Gasteiger partial charge in [0, 0.05) is 29.8 Å². The number of nitrogens with zero attached hydrogens (tertiary/aromatic N) is 6. The molecule has 7 heteroatoms. The van der Waals surface area contributed by atoms with Crippen molar-refractivity contribution in [2.75, 3.05) is 0 Å². The van der Waals surface area contributed by atoms with Crippen molar-refractivity contribution >= 4 is 28.3 Å². The molecule has 0 unspecified atom stereocenters. The van der Waals surface area contributed by atoms with E-state index in [2.05, 4.69) is 69.2 Å². The predicted octanol–water partition coefficient (Wildman–Crippen LogP) is 5.92. The molecule has 6 nitrogen and oxygen atoms in total. The highest BCUT2D eigenvalue weighted by Crippen LogP contribution is 2.28. The number of benzene rings is 2. The number of hydrogen-bond donors (Lipinski definition) is 0. The minimum atomic E-state index is 0.155. The summed E-state index contributed by atoms with van der Waals surface area (Å²) in [6, 6.07) is 19.1. The van der Waals surface area contributed by atoms with Crippen LogP contribution in [0.25, 0.3) is 16.6 Å². The van der Waals surface area contributed by atoms with E-state index in [9.17, 15) is 0 Å². The second-order valence-electron chi connectivity index (χ2n) is 9.81. The lowest BCUT2D eigenvalue weighted by atomic mass is 9.87. The lowest BCUT2D eigenvalue weighted by Crippen LogP contribution is -2.10. The molecule has 0 saturated heterocycles. The molecule has 0 bridgehead atoms. The van der Waals surface area contributed by atoms with E-state index in [1.54, 1.807) is 11.8 Å². The van der Waals surface area contributed by atoms with Crippen LogP contribution in [0.2, 0.25) is 0 Å². The summed E-state index contributed by atoms with van der Waals surface area (Å²) in [5.41, 5.74) is 6.76. The number of aromatic nitrogens is 6. The van der Waals surface area contributed by atoms with Crippen LogP contribution >= 0.6 is 11.8 Å². The smallest absolute Gasteiger partial charge is 0.191 e. The first-order chi connectivity index (χ1) is 16.3. The molecule has 0 aliphatic carbocycles. The van der Waals surface area contributed by atoms with Crippen molar-refractivity contribution in [3.05, 3.63) is 82.9 Å². The first kappa shape index (κ1) is 22.6. The molecule has 3 heterocycles. The van der Waals surface area contributed by atoms with Crippen LogP contribution in [-0.2, 0) is 24.1 Å². The summed E-state index contributed by atoms with van der Waals surface area (Å²) in [7, 11) is 0. The Morgan fingerprint density at radius 1 is 0.912 bits per heavy atom. The van der Waals surface area contributed by atoms with E-state index in [-0.39, 0.29) is 5.41 Å². The number of rotatable bonds is 6. The van der Waals surface area contributed by atoms with E-state index in [0.29, 0.717) is 0 Å². The Morgan fingerprint density at radius 2 is 1.68 bits per heavy atom. The highest BCUT2D eigenvalue weighted by atomic mass is 32.2. The van der Waals surface area contributed by atoms with Gasteiger partial charge in [0.05, 0.1) is 11.2 Å². The van der Waals surface area contributed by atoms with Crippen molar-refractivity contribution in [2.24, 2.45) is 0 Å². The molecule has 0 saturated carbocycles. The van der Waals surface area contributed by atoms with Crippen LogP contribution in [0.15, 0.2) is 59.8 Å². The fourth-order valence-corrected chi connectivity index (χ4v) is 5.03. The second-order valence-corrected chi connectivity index (χ2v) is 10.8. The summed E-state index contributed by atoms with van der Waals surface area (Å²) in [5, 5.41) is 11.3. The third kappa shape index (κ3) is 4.57. The molecule has 3 aromatic heterocycles. The molecule has 34 heavy (non-hydrogen) atoms. The fraction of sp³-hybridized carbons (Fsp3) is 0.333. The molecule has 0 atom stereocenters. The highest BCUT2D eigenvalue weighted by Gasteiger charge is 2.16. The van der Waals surface area contributed by atoms with Crippen LogP contribution in [0.3, 0.4) is 0 Å². The van der Waals surface area contributed by atoms with Gasteiger partial charge in [-0.05, 0) is 48.6 Å². The van der Waals surface area contributed by atoms with Crippen LogP contribution in [0, 0.1) is 13.8 Å². The van der Waals surface area contributed by atoms with Crippen molar-refractivity contribution in [1.29, 1.82) is 0 Å². The highest BCUT2D eigenvalue weighted by molar-refractivity contribution is 7.98. The lowest BCUT2D eigenvalue weighted by molar-refractivity contribution is 0.580. The van der Waals surface area contributed by atoms with Gasteiger partial charge in [-0.2, -0.15) is 9.61 Å². The molecule has 5 aromatic rings. The SMILES string of the molecule is Cc1cc(C)n(CCc2nc3c4ccccc4nc(SCc4ccc(C(C)(C)C)cc4)n3n2)n1. The second kappa shape index (κ2) is 8.87. The Kier molecular flexibility index (Phi) is 5.90. The van der Waals surface area contributed by atoms with Gasteiger partial charge in [0.15, 0.2) is 16.6 Å². The monoisotopic (exact) mass is 470 g/mol. The zero-order chi connectivity index (χ0) is 23.9. The summed E-state index contributed by atoms with van der Waals surface area (Å²) < 4.78 is 3.93. The molecular weight excluding hydrogens is 440 g/mol. The lowest BCUT2D eigenvalue weighted by Gasteiger charge is -2.19. The van der Waals surface area contributed by atoms with Gasteiger partial charge in [-0.3, -0.25) is 4.68 Å². The summed E-state index contributed by atoms with van der Waals surface area (Å²) in [5.74, 6) is 1.63. The minimum absolute atomic E-state index is 0.155. The number of fused-ring (bicyclic) bond motifs is 3. The van der Waals surface area contributed by atoms with Crippen molar-refractivity contribution in [1.82, 2.24) is 29.4 Å². The Bertz CT molecular complexity index is 1460. The Morgan fingerprint density at radius 3 is 2.38 bits per heavy atom. The van der Waals surface area contributed by atoms with Crippen molar-refractivity contribution < 1.29 is 0 Å². The van der Waals surface area contributed by atoms with Crippen LogP contribution in [0.4, 0.5) is 0 Å². The zero-order valence-electron chi connectivity index (χ0n) is 20.4. The van der Waals surface area contributed by atoms with Gasteiger partial charge in [-0.25, -0.2) is 9.97 Å². The third-order valence-corrected chi connectivity index (χ3v) is 7.03. The van der Waals surface area contributed by atoms with Gasteiger partial charge in [0.25, 0.3) is 0 Å². The topological polar surface area (TPSA) is 60.9 Å². The van der Waals surface area contributed by atoms with Crippen molar-refractivity contribution in [3.8, 4) is 0 Å². The van der Waals surface area contributed by atoms with Crippen LogP contribution < -0.4 is 0 Å². The molecule has 0 radical (unpaired) electrons. The van der Waals surface area contributed by atoms with Gasteiger partial charge in [-0.1, -0.05) is 68.9 Å². The maximum Gasteiger partial charge on any atom is 0.191 e. The maximum atomic E-state index is 4.93. The summed E-state index contributed by atoms with van der Waals surface area (Å²) >= 11 is 1.70. The number of hydrogen-bond acceptors (Lipinski definition) is 5. The van der Waals surface area contributed by atoms with E-state index in [4.69, 9.17) is 15.1 Å². The Balaban J connectivity index is 1.43. The maximum absolute atomic E-state index is 4.93. The molecule has 0 aliphatic rings. The van der Waals surface area contributed by atoms with E-state index < -0.39 is 0 Å². The standard InChI is InChI=1S/C27H30N6S/c1-18-16-19(2)32(30-18)15-14-24-29-25-22-8-6-7-9-23(22)28-26(33(25)31-24)34-17-20-10-12-21(13-11-20)27(3,4)5/h6-13,16H,14-15,17H2,1-5H3. The van der Waals surface area contributed by atoms with E-state index >= 15 is 0 Å². The van der Waals surface area contributed by atoms with Gasteiger partial charge in [-0.15, -0.1) is 5.10 Å². The average molecular weight is 471 g/mol. The van der Waals surface area contributed by atoms with E-state index in [1.165, 1.54) is 11.1 Å². The normalized spacial score (nSPS) is 12.1. The quantitative estimate of drug-likeness (QED) is 0.228. The van der Waals surface area contributed by atoms with Gasteiger partial charge in [0.2, 0.25) is 0 Å². The van der Waals surface area contributed by atoms with Crippen molar-refractivity contribution in [3.63, 3.8) is 0 Å². The summed E-state index contributed by atoms with van der Waals surface area (Å²) in [6.07, 6.45) is 0.719. The average Bonchev–Trinajstić information content (AvgIpc) is 3.38. The molecule has 0 fully saturated rings. The molecule has 0 aliphatic heterocycles. The van der Waals surface area contributed by atoms with Crippen LogP contribution in [0.1, 0.15) is 49.1 Å². The number of thioether (sulfide) groups is 1. The minimum Gasteiger partial charge on any atom is -0.269 e. The summed E-state index contributed by atoms with van der Waals surface area (Å²) in [4.78, 5) is 9.83. The predicted molar refractivity (Wildman–Crippen MR) is 138 cm³/mol. The third-order valence-electron chi connectivity index (χ3n) is 6.03. The van der Waals surface area contributed by atoms with Gasteiger partial charge in [0.1, 0.15) is 0 Å². The zero-order valence-corrected chi connectivity index (χ0v) is 21.2. The molecule has 0 N–H and O–H groups in total. The Hall–Kier alpha value is -3.19. The molecular formula is C27H30N6S. The summed E-state index contributed by atoms with van der Waals surface area (Å²) in [6.45, 7) is 11.6. The van der Waals surface area contributed by atoms with Crippen LogP contribution in [-0.4, -0.2) is 29.4 Å². The van der Waals surface area contributed by atoms with E-state index in [1.807, 2.05) is 34.3 Å². The molecule has 0 spiro atoms. The van der Waals surface area contributed by atoms with Crippen molar-refractivity contribution in [2.45, 2.75) is 63.9 Å². The van der Waals surface area contributed by atoms with Gasteiger partial charge < -0.3 is 0 Å². The van der Waals surface area contributed by atoms with E-state index in [0.717, 1.165) is 57.6 Å².